The molecule has 5 heteroatoms. The second kappa shape index (κ2) is 5.05. The SMILES string of the molecule is Cc1cc(NC2CCC(=O)NC2C)cc(C#N)n1. The van der Waals surface area contributed by atoms with Gasteiger partial charge in [0, 0.05) is 29.9 Å². The highest BCUT2D eigenvalue weighted by Crippen LogP contribution is 2.17. The van der Waals surface area contributed by atoms with Crippen molar-refractivity contribution in [1.29, 1.82) is 5.26 Å². The van der Waals surface area contributed by atoms with Crippen LogP contribution in [0.25, 0.3) is 0 Å². The lowest BCUT2D eigenvalue weighted by Gasteiger charge is -2.31. The predicted octanol–water partition coefficient (Wildman–Crippen LogP) is 1.34. The average Bonchev–Trinajstić information content (AvgIpc) is 2.32. The number of nitriles is 1. The molecule has 2 unspecified atom stereocenters. The first kappa shape index (κ1) is 12.4. The number of nitrogens with zero attached hydrogens (tertiary/aromatic N) is 2. The van der Waals surface area contributed by atoms with Gasteiger partial charge in [-0.3, -0.25) is 4.79 Å². The largest absolute Gasteiger partial charge is 0.380 e. The maximum Gasteiger partial charge on any atom is 0.220 e. The van der Waals surface area contributed by atoms with Crippen LogP contribution in [0, 0.1) is 18.3 Å². The molecule has 2 atom stereocenters. The molecule has 2 N–H and O–H groups in total. The maximum atomic E-state index is 11.2. The zero-order valence-electron chi connectivity index (χ0n) is 10.5. The van der Waals surface area contributed by atoms with Gasteiger partial charge in [0.05, 0.1) is 0 Å². The van der Waals surface area contributed by atoms with E-state index < -0.39 is 0 Å². The molecule has 0 aromatic carbocycles. The Bertz CT molecular complexity index is 506. The van der Waals surface area contributed by atoms with Crippen LogP contribution in [0.2, 0.25) is 0 Å². The van der Waals surface area contributed by atoms with Crippen LogP contribution >= 0.6 is 0 Å². The number of hydrogen-bond donors (Lipinski definition) is 2. The average molecular weight is 244 g/mol. The summed E-state index contributed by atoms with van der Waals surface area (Å²) in [5.41, 5.74) is 2.10. The van der Waals surface area contributed by atoms with Crippen LogP contribution in [0.1, 0.15) is 31.2 Å². The fourth-order valence-electron chi connectivity index (χ4n) is 2.18. The molecule has 0 saturated carbocycles. The maximum absolute atomic E-state index is 11.2. The molecule has 0 aliphatic carbocycles. The first-order chi connectivity index (χ1) is 8.58. The van der Waals surface area contributed by atoms with Crippen molar-refractivity contribution in [3.05, 3.63) is 23.5 Å². The van der Waals surface area contributed by atoms with Gasteiger partial charge in [-0.15, -0.1) is 0 Å². The highest BCUT2D eigenvalue weighted by Gasteiger charge is 2.24. The lowest BCUT2D eigenvalue weighted by Crippen LogP contribution is -2.49. The molecule has 5 nitrogen and oxygen atoms in total. The number of hydrogen-bond acceptors (Lipinski definition) is 4. The summed E-state index contributed by atoms with van der Waals surface area (Å²) in [5.74, 6) is 0.101. The van der Waals surface area contributed by atoms with Crippen LogP contribution in [0.4, 0.5) is 5.69 Å². The molecule has 1 aromatic heterocycles. The van der Waals surface area contributed by atoms with Crippen LogP contribution in [-0.4, -0.2) is 23.0 Å². The zero-order valence-corrected chi connectivity index (χ0v) is 10.5. The minimum atomic E-state index is 0.0882. The Balaban J connectivity index is 2.12. The highest BCUT2D eigenvalue weighted by molar-refractivity contribution is 5.77. The molecule has 1 aliphatic rings. The van der Waals surface area contributed by atoms with Gasteiger partial charge in [-0.1, -0.05) is 0 Å². The van der Waals surface area contributed by atoms with Crippen LogP contribution in [0.5, 0.6) is 0 Å². The summed E-state index contributed by atoms with van der Waals surface area (Å²) in [6, 6.07) is 5.96. The van der Waals surface area contributed by atoms with E-state index in [0.717, 1.165) is 17.8 Å². The molecule has 94 valence electrons. The third kappa shape index (κ3) is 2.77. The standard InChI is InChI=1S/C13H16N4O/c1-8-5-10(6-11(7-14)15-8)17-12-3-4-13(18)16-9(12)2/h5-6,9,12H,3-4H2,1-2H3,(H,15,17)(H,16,18). The number of carbonyl (C=O) groups excluding carboxylic acids is 1. The monoisotopic (exact) mass is 244 g/mol. The van der Waals surface area contributed by atoms with Crippen molar-refractivity contribution in [2.75, 3.05) is 5.32 Å². The van der Waals surface area contributed by atoms with Gasteiger partial charge in [-0.2, -0.15) is 5.26 Å². The van der Waals surface area contributed by atoms with E-state index in [1.54, 1.807) is 6.07 Å². The third-order valence-electron chi connectivity index (χ3n) is 3.09. The van der Waals surface area contributed by atoms with Crippen LogP contribution in [-0.2, 0) is 4.79 Å². The predicted molar refractivity (Wildman–Crippen MR) is 67.9 cm³/mol. The number of rotatable bonds is 2. The molecule has 18 heavy (non-hydrogen) atoms. The van der Waals surface area contributed by atoms with Crippen molar-refractivity contribution in [2.24, 2.45) is 0 Å². The topological polar surface area (TPSA) is 77.8 Å². The minimum absolute atomic E-state index is 0.0882. The second-order valence-electron chi connectivity index (χ2n) is 4.64. The van der Waals surface area contributed by atoms with E-state index in [-0.39, 0.29) is 18.0 Å². The fourth-order valence-corrected chi connectivity index (χ4v) is 2.18. The number of carbonyl (C=O) groups is 1. The van der Waals surface area contributed by atoms with Crippen LogP contribution in [0.3, 0.4) is 0 Å². The number of piperidine rings is 1. The molecule has 1 amide bonds. The Morgan fingerprint density at radius 3 is 3.00 bits per heavy atom. The molecule has 1 aliphatic heterocycles. The Hall–Kier alpha value is -2.09. The van der Waals surface area contributed by atoms with Crippen molar-refractivity contribution in [3.63, 3.8) is 0 Å². The summed E-state index contributed by atoms with van der Waals surface area (Å²) in [5, 5.41) is 15.2. The number of aryl methyl sites for hydroxylation is 1. The first-order valence-corrected chi connectivity index (χ1v) is 6.03. The minimum Gasteiger partial charge on any atom is -0.380 e. The van der Waals surface area contributed by atoms with Crippen LogP contribution in [0.15, 0.2) is 12.1 Å². The zero-order chi connectivity index (χ0) is 13.1. The second-order valence-corrected chi connectivity index (χ2v) is 4.64. The highest BCUT2D eigenvalue weighted by atomic mass is 16.1. The molecule has 1 saturated heterocycles. The van der Waals surface area contributed by atoms with E-state index in [4.69, 9.17) is 5.26 Å². The van der Waals surface area contributed by atoms with Crippen molar-refractivity contribution in [3.8, 4) is 6.07 Å². The smallest absolute Gasteiger partial charge is 0.220 e. The quantitative estimate of drug-likeness (QED) is 0.823. The summed E-state index contributed by atoms with van der Waals surface area (Å²) in [7, 11) is 0. The van der Waals surface area contributed by atoms with E-state index >= 15 is 0 Å². The van der Waals surface area contributed by atoms with E-state index in [1.807, 2.05) is 26.0 Å². The summed E-state index contributed by atoms with van der Waals surface area (Å²) in [6.07, 6.45) is 1.34. The molecule has 0 bridgehead atoms. The van der Waals surface area contributed by atoms with Crippen LogP contribution < -0.4 is 10.6 Å². The molecule has 0 spiro atoms. The Labute approximate surface area is 106 Å². The lowest BCUT2D eigenvalue weighted by molar-refractivity contribution is -0.123. The van der Waals surface area contributed by atoms with Gasteiger partial charge in [-0.25, -0.2) is 4.98 Å². The molecule has 0 radical (unpaired) electrons. The van der Waals surface area contributed by atoms with E-state index in [1.165, 1.54) is 0 Å². The van der Waals surface area contributed by atoms with Gasteiger partial charge >= 0.3 is 0 Å². The van der Waals surface area contributed by atoms with Gasteiger partial charge in [0.25, 0.3) is 0 Å². The van der Waals surface area contributed by atoms with E-state index in [0.29, 0.717) is 12.1 Å². The Morgan fingerprint density at radius 1 is 1.56 bits per heavy atom. The lowest BCUT2D eigenvalue weighted by atomic mass is 9.99. The summed E-state index contributed by atoms with van der Waals surface area (Å²) in [6.45, 7) is 3.84. The molecular weight excluding hydrogens is 228 g/mol. The third-order valence-corrected chi connectivity index (χ3v) is 3.09. The number of amides is 1. The first-order valence-electron chi connectivity index (χ1n) is 6.03. The molecule has 2 heterocycles. The van der Waals surface area contributed by atoms with Crippen molar-refractivity contribution >= 4 is 11.6 Å². The number of aromatic nitrogens is 1. The summed E-state index contributed by atoms with van der Waals surface area (Å²) in [4.78, 5) is 15.3. The molecular formula is C13H16N4O. The van der Waals surface area contributed by atoms with Gasteiger partial charge in [0.1, 0.15) is 11.8 Å². The Morgan fingerprint density at radius 2 is 2.33 bits per heavy atom. The van der Waals surface area contributed by atoms with E-state index in [2.05, 4.69) is 15.6 Å². The fraction of sp³-hybridized carbons (Fsp3) is 0.462. The molecule has 2 rings (SSSR count). The van der Waals surface area contributed by atoms with E-state index in [9.17, 15) is 4.79 Å². The van der Waals surface area contributed by atoms with Gasteiger partial charge in [-0.05, 0) is 32.4 Å². The Kier molecular flexibility index (Phi) is 3.47. The normalized spacial score (nSPS) is 23.1. The van der Waals surface area contributed by atoms with Gasteiger partial charge in [0.15, 0.2) is 0 Å². The molecule has 1 aromatic rings. The number of pyridine rings is 1. The number of nitrogens with one attached hydrogen (secondary N) is 2. The summed E-state index contributed by atoms with van der Waals surface area (Å²) < 4.78 is 0. The number of anilines is 1. The van der Waals surface area contributed by atoms with Crippen molar-refractivity contribution < 1.29 is 4.79 Å². The molecule has 1 fully saturated rings. The summed E-state index contributed by atoms with van der Waals surface area (Å²) >= 11 is 0. The van der Waals surface area contributed by atoms with Crippen molar-refractivity contribution in [1.82, 2.24) is 10.3 Å². The van der Waals surface area contributed by atoms with Crippen molar-refractivity contribution in [2.45, 2.75) is 38.8 Å². The van der Waals surface area contributed by atoms with Gasteiger partial charge in [0.2, 0.25) is 5.91 Å². The van der Waals surface area contributed by atoms with Gasteiger partial charge < -0.3 is 10.6 Å².